The van der Waals surface area contributed by atoms with Gasteiger partial charge in [-0.2, -0.15) is 0 Å². The molecule has 0 heterocycles. The molecule has 3 heteroatoms. The fraction of sp³-hybridized carbons (Fsp3) is 0.333. The highest BCUT2D eigenvalue weighted by Gasteiger charge is 2.20. The Morgan fingerprint density at radius 2 is 1.86 bits per heavy atom. The number of hydrogen-bond acceptors (Lipinski definition) is 2. The smallest absolute Gasteiger partial charge is 0.134 e. The minimum absolute atomic E-state index is 0.596. The van der Waals surface area contributed by atoms with Gasteiger partial charge in [0, 0.05) is 6.54 Å². The molecular formula is C18H20BrNO. The van der Waals surface area contributed by atoms with E-state index in [-0.39, 0.29) is 0 Å². The van der Waals surface area contributed by atoms with Crippen LogP contribution < -0.4 is 10.1 Å². The lowest BCUT2D eigenvalue weighted by atomic mass is 10.2. The minimum atomic E-state index is 0.596. The zero-order valence-corrected chi connectivity index (χ0v) is 13.6. The summed E-state index contributed by atoms with van der Waals surface area (Å²) in [5.41, 5.74) is 2.45. The predicted molar refractivity (Wildman–Crippen MR) is 89.3 cm³/mol. The van der Waals surface area contributed by atoms with Crippen LogP contribution in [0, 0.1) is 5.92 Å². The van der Waals surface area contributed by atoms with Crippen LogP contribution in [-0.4, -0.2) is 6.54 Å². The number of ether oxygens (including phenoxy) is 1. The summed E-state index contributed by atoms with van der Waals surface area (Å²) in [4.78, 5) is 0. The van der Waals surface area contributed by atoms with Gasteiger partial charge in [-0.1, -0.05) is 36.4 Å². The van der Waals surface area contributed by atoms with Crippen LogP contribution in [0.2, 0.25) is 0 Å². The molecule has 1 fully saturated rings. The summed E-state index contributed by atoms with van der Waals surface area (Å²) in [6.45, 7) is 2.64. The Morgan fingerprint density at radius 1 is 1.05 bits per heavy atom. The van der Waals surface area contributed by atoms with Crippen LogP contribution in [0.15, 0.2) is 53.0 Å². The van der Waals surface area contributed by atoms with Crippen LogP contribution in [0.1, 0.15) is 24.0 Å². The van der Waals surface area contributed by atoms with Crippen molar-refractivity contribution >= 4 is 15.9 Å². The average molecular weight is 346 g/mol. The van der Waals surface area contributed by atoms with Crippen LogP contribution in [0.5, 0.6) is 5.75 Å². The molecule has 0 spiro atoms. The fourth-order valence-electron chi connectivity index (χ4n) is 2.25. The Labute approximate surface area is 134 Å². The maximum atomic E-state index is 5.93. The largest absolute Gasteiger partial charge is 0.488 e. The van der Waals surface area contributed by atoms with Crippen molar-refractivity contribution in [1.29, 1.82) is 0 Å². The molecule has 2 nitrogen and oxygen atoms in total. The van der Waals surface area contributed by atoms with Gasteiger partial charge in [0.2, 0.25) is 0 Å². The molecule has 2 aromatic rings. The lowest BCUT2D eigenvalue weighted by Crippen LogP contribution is -2.16. The highest BCUT2D eigenvalue weighted by atomic mass is 79.9. The zero-order chi connectivity index (χ0) is 14.5. The normalized spacial score (nSPS) is 14.1. The second kappa shape index (κ2) is 7.10. The van der Waals surface area contributed by atoms with E-state index < -0.39 is 0 Å². The van der Waals surface area contributed by atoms with Gasteiger partial charge < -0.3 is 10.1 Å². The van der Waals surface area contributed by atoms with Gasteiger partial charge in [-0.15, -0.1) is 0 Å². The molecule has 0 aromatic heterocycles. The number of benzene rings is 2. The highest BCUT2D eigenvalue weighted by molar-refractivity contribution is 9.10. The summed E-state index contributed by atoms with van der Waals surface area (Å²) in [7, 11) is 0. The van der Waals surface area contributed by atoms with E-state index in [4.69, 9.17) is 4.74 Å². The van der Waals surface area contributed by atoms with Gasteiger partial charge >= 0.3 is 0 Å². The van der Waals surface area contributed by atoms with Crippen LogP contribution in [0.4, 0.5) is 0 Å². The Bertz CT molecular complexity index is 581. The standard InChI is InChI=1S/C18H20BrNO/c19-17-9-8-16(12-20-11-14-6-7-14)10-18(17)21-13-15-4-2-1-3-5-15/h1-5,8-10,14,20H,6-7,11-13H2. The molecule has 3 rings (SSSR count). The van der Waals surface area contributed by atoms with Crippen molar-refractivity contribution in [3.8, 4) is 5.75 Å². The molecule has 1 aliphatic carbocycles. The molecule has 21 heavy (non-hydrogen) atoms. The summed E-state index contributed by atoms with van der Waals surface area (Å²) in [5.74, 6) is 1.82. The third kappa shape index (κ3) is 4.58. The molecular weight excluding hydrogens is 326 g/mol. The van der Waals surface area contributed by atoms with E-state index in [0.29, 0.717) is 6.61 Å². The lowest BCUT2D eigenvalue weighted by molar-refractivity contribution is 0.304. The Hall–Kier alpha value is -1.32. The van der Waals surface area contributed by atoms with Gasteiger partial charge in [-0.25, -0.2) is 0 Å². The summed E-state index contributed by atoms with van der Waals surface area (Å²) < 4.78 is 6.93. The number of hydrogen-bond donors (Lipinski definition) is 1. The molecule has 0 amide bonds. The van der Waals surface area contributed by atoms with Gasteiger partial charge in [-0.05, 0) is 64.5 Å². The number of halogens is 1. The van der Waals surface area contributed by atoms with E-state index in [1.807, 2.05) is 18.2 Å². The minimum Gasteiger partial charge on any atom is -0.488 e. The first kappa shape index (κ1) is 14.6. The third-order valence-electron chi connectivity index (χ3n) is 3.69. The molecule has 0 aliphatic heterocycles. The first-order valence-corrected chi connectivity index (χ1v) is 8.26. The third-order valence-corrected chi connectivity index (χ3v) is 4.35. The average Bonchev–Trinajstić information content (AvgIpc) is 3.33. The second-order valence-electron chi connectivity index (χ2n) is 5.61. The van der Waals surface area contributed by atoms with E-state index in [0.717, 1.165) is 29.2 Å². The zero-order valence-electron chi connectivity index (χ0n) is 12.0. The molecule has 2 aromatic carbocycles. The highest BCUT2D eigenvalue weighted by Crippen LogP contribution is 2.29. The van der Waals surface area contributed by atoms with E-state index in [1.165, 1.54) is 24.0 Å². The van der Waals surface area contributed by atoms with Crippen molar-refractivity contribution in [1.82, 2.24) is 5.32 Å². The van der Waals surface area contributed by atoms with E-state index >= 15 is 0 Å². The summed E-state index contributed by atoms with van der Waals surface area (Å²) >= 11 is 3.56. The molecule has 0 bridgehead atoms. The molecule has 0 saturated heterocycles. The van der Waals surface area contributed by atoms with Crippen molar-refractivity contribution in [3.05, 3.63) is 64.1 Å². The number of nitrogens with one attached hydrogen (secondary N) is 1. The SMILES string of the molecule is Brc1ccc(CNCC2CC2)cc1OCc1ccccc1. The van der Waals surface area contributed by atoms with Crippen LogP contribution in [-0.2, 0) is 13.2 Å². The van der Waals surface area contributed by atoms with Crippen molar-refractivity contribution in [2.24, 2.45) is 5.92 Å². The molecule has 1 saturated carbocycles. The van der Waals surface area contributed by atoms with Gasteiger partial charge in [-0.3, -0.25) is 0 Å². The monoisotopic (exact) mass is 345 g/mol. The van der Waals surface area contributed by atoms with Crippen LogP contribution >= 0.6 is 15.9 Å². The van der Waals surface area contributed by atoms with Crippen LogP contribution in [0.3, 0.4) is 0 Å². The molecule has 0 radical (unpaired) electrons. The van der Waals surface area contributed by atoms with E-state index in [9.17, 15) is 0 Å². The van der Waals surface area contributed by atoms with Crippen molar-refractivity contribution in [3.63, 3.8) is 0 Å². The first-order valence-electron chi connectivity index (χ1n) is 7.47. The topological polar surface area (TPSA) is 21.3 Å². The first-order chi connectivity index (χ1) is 10.3. The van der Waals surface area contributed by atoms with Crippen LogP contribution in [0.25, 0.3) is 0 Å². The lowest BCUT2D eigenvalue weighted by Gasteiger charge is -2.11. The van der Waals surface area contributed by atoms with Gasteiger partial charge in [0.1, 0.15) is 12.4 Å². The Morgan fingerprint density at radius 3 is 2.62 bits per heavy atom. The molecule has 1 N–H and O–H groups in total. The Balaban J connectivity index is 1.57. The molecule has 0 unspecified atom stereocenters. The summed E-state index contributed by atoms with van der Waals surface area (Å²) in [6, 6.07) is 16.6. The molecule has 0 atom stereocenters. The molecule has 1 aliphatic rings. The number of rotatable bonds is 7. The maximum absolute atomic E-state index is 5.93. The van der Waals surface area contributed by atoms with Gasteiger partial charge in [0.05, 0.1) is 4.47 Å². The van der Waals surface area contributed by atoms with Crippen molar-refractivity contribution < 1.29 is 4.74 Å². The van der Waals surface area contributed by atoms with E-state index in [2.05, 4.69) is 51.6 Å². The van der Waals surface area contributed by atoms with E-state index in [1.54, 1.807) is 0 Å². The molecule has 110 valence electrons. The van der Waals surface area contributed by atoms with Crippen molar-refractivity contribution in [2.45, 2.75) is 26.0 Å². The van der Waals surface area contributed by atoms with Gasteiger partial charge in [0.15, 0.2) is 0 Å². The maximum Gasteiger partial charge on any atom is 0.134 e. The quantitative estimate of drug-likeness (QED) is 0.795. The van der Waals surface area contributed by atoms with Crippen molar-refractivity contribution in [2.75, 3.05) is 6.54 Å². The fourth-order valence-corrected chi connectivity index (χ4v) is 2.61. The predicted octanol–water partition coefficient (Wildman–Crippen LogP) is 4.53. The summed E-state index contributed by atoms with van der Waals surface area (Å²) in [5, 5.41) is 3.51. The second-order valence-corrected chi connectivity index (χ2v) is 6.47. The van der Waals surface area contributed by atoms with Gasteiger partial charge in [0.25, 0.3) is 0 Å². The summed E-state index contributed by atoms with van der Waals surface area (Å²) in [6.07, 6.45) is 2.78. The Kier molecular flexibility index (Phi) is 4.94.